The summed E-state index contributed by atoms with van der Waals surface area (Å²) in [7, 11) is 0. The van der Waals surface area contributed by atoms with Gasteiger partial charge in [-0.2, -0.15) is 0 Å². The standard InChI is InChI=1S/C46H64N2O12/c1-2-23-58-46-41(48(19-25-54-26-22-51)45(53)57-28-27-55-32-33-12-4-3-5-13-33)31-39(47-60-42-16-8-11-24-56-42)37-29-34(14-6-9-20-49)36(15-7-10-21-50)43(44(37)46)38-30-35(52)17-18-40(38)59-46/h2-5,12-13,17-18,29-30,34,36,41-44,49-52H,1,6-11,14-16,19-28,31-32H2/t34-,36+,41-,42?,43+,44+,46+/m0/s1. The van der Waals surface area contributed by atoms with Gasteiger partial charge >= 0.3 is 6.09 Å². The van der Waals surface area contributed by atoms with E-state index in [4.69, 9.17) is 38.4 Å². The molecule has 2 aromatic rings. The number of unbranched alkanes of at least 4 members (excludes halogenated alkanes) is 2. The first-order chi connectivity index (χ1) is 29.4. The number of nitrogens with zero attached hydrogens (tertiary/aromatic N) is 2. The number of hydrogen-bond donors (Lipinski definition) is 4. The molecule has 1 unspecified atom stereocenters. The molecule has 14 nitrogen and oxygen atoms in total. The maximum absolute atomic E-state index is 14.5. The number of hydrogen-bond acceptors (Lipinski definition) is 13. The number of fused-ring (bicyclic) bond motifs is 2. The van der Waals surface area contributed by atoms with Gasteiger partial charge in [0, 0.05) is 44.1 Å². The summed E-state index contributed by atoms with van der Waals surface area (Å²) < 4.78 is 37.6. The zero-order chi connectivity index (χ0) is 42.2. The SMILES string of the molecule is C=CCO[C@@]12Oc3ccc(O)cc3[C@H]3[C@H](CCCCO)[C@@H](CCCCO)C=C(C(=NOC4CCCCO4)C[C@@H]1N(CCOCCO)C(=O)OCCOCc1ccccc1)[C@H]32. The second kappa shape index (κ2) is 23.3. The van der Waals surface area contributed by atoms with E-state index < -0.39 is 30.1 Å². The smallest absolute Gasteiger partial charge is 0.410 e. The number of rotatable bonds is 24. The van der Waals surface area contributed by atoms with Crippen molar-refractivity contribution in [1.29, 1.82) is 0 Å². The van der Waals surface area contributed by atoms with Gasteiger partial charge in [0.05, 0.1) is 57.9 Å². The van der Waals surface area contributed by atoms with Crippen molar-refractivity contribution in [1.82, 2.24) is 4.90 Å². The number of ether oxygens (including phenoxy) is 6. The van der Waals surface area contributed by atoms with Crippen LogP contribution in [0.2, 0.25) is 0 Å². The number of aliphatic hydroxyl groups is 3. The quantitative estimate of drug-likeness (QED) is 0.0535. The minimum atomic E-state index is -1.51. The first-order valence-electron chi connectivity index (χ1n) is 21.7. The molecule has 1 saturated carbocycles. The molecule has 0 spiro atoms. The molecule has 4 aliphatic rings. The van der Waals surface area contributed by atoms with Gasteiger partial charge in [-0.15, -0.1) is 6.58 Å². The predicted molar refractivity (Wildman–Crippen MR) is 223 cm³/mol. The van der Waals surface area contributed by atoms with Crippen LogP contribution in [0.5, 0.6) is 11.5 Å². The molecule has 2 heterocycles. The van der Waals surface area contributed by atoms with Gasteiger partial charge < -0.3 is 53.7 Å². The number of benzene rings is 2. The fourth-order valence-electron chi connectivity index (χ4n) is 9.31. The van der Waals surface area contributed by atoms with E-state index in [2.05, 4.69) is 12.7 Å². The van der Waals surface area contributed by atoms with Crippen LogP contribution in [0.15, 0.2) is 78.0 Å². The molecule has 14 heteroatoms. The maximum atomic E-state index is 14.5. The molecule has 330 valence electrons. The minimum absolute atomic E-state index is 0.00204. The third-order valence-electron chi connectivity index (χ3n) is 12.0. The fraction of sp³-hybridized carbons (Fsp3) is 0.609. The van der Waals surface area contributed by atoms with Crippen molar-refractivity contribution in [2.24, 2.45) is 22.9 Å². The van der Waals surface area contributed by atoms with Gasteiger partial charge in [0.1, 0.15) is 24.1 Å². The molecule has 1 amide bonds. The predicted octanol–water partition coefficient (Wildman–Crippen LogP) is 6.22. The minimum Gasteiger partial charge on any atom is -0.508 e. The highest BCUT2D eigenvalue weighted by Crippen LogP contribution is 2.62. The number of aliphatic hydroxyl groups excluding tert-OH is 3. The summed E-state index contributed by atoms with van der Waals surface area (Å²) in [4.78, 5) is 22.3. The van der Waals surface area contributed by atoms with E-state index in [0.717, 1.165) is 55.2 Å². The van der Waals surface area contributed by atoms with Crippen LogP contribution in [-0.2, 0) is 35.1 Å². The lowest BCUT2D eigenvalue weighted by Crippen LogP contribution is -2.70. The zero-order valence-electron chi connectivity index (χ0n) is 34.7. The number of aromatic hydroxyl groups is 1. The molecule has 2 fully saturated rings. The van der Waals surface area contributed by atoms with Gasteiger partial charge in [-0.3, -0.25) is 4.90 Å². The molecule has 4 N–H and O–H groups in total. The fourth-order valence-corrected chi connectivity index (χ4v) is 9.31. The molecule has 1 saturated heterocycles. The maximum Gasteiger partial charge on any atom is 0.410 e. The van der Waals surface area contributed by atoms with Crippen molar-refractivity contribution in [2.45, 2.75) is 94.9 Å². The Morgan fingerprint density at radius 1 is 0.950 bits per heavy atom. The Hall–Kier alpha value is -4.02. The van der Waals surface area contributed by atoms with Gasteiger partial charge in [-0.1, -0.05) is 60.5 Å². The molecule has 60 heavy (non-hydrogen) atoms. The Labute approximate surface area is 353 Å². The zero-order valence-corrected chi connectivity index (χ0v) is 34.7. The third-order valence-corrected chi connectivity index (χ3v) is 12.0. The Balaban J connectivity index is 1.45. The van der Waals surface area contributed by atoms with Crippen molar-refractivity contribution in [3.8, 4) is 11.5 Å². The van der Waals surface area contributed by atoms with E-state index in [1.54, 1.807) is 29.2 Å². The normalized spacial score (nSPS) is 26.3. The second-order valence-corrected chi connectivity index (χ2v) is 15.9. The Morgan fingerprint density at radius 3 is 2.52 bits per heavy atom. The van der Waals surface area contributed by atoms with Crippen molar-refractivity contribution >= 4 is 11.8 Å². The van der Waals surface area contributed by atoms with Gasteiger partial charge in [0.15, 0.2) is 0 Å². The Morgan fingerprint density at radius 2 is 1.77 bits per heavy atom. The van der Waals surface area contributed by atoms with Crippen LogP contribution in [0.3, 0.4) is 0 Å². The Bertz CT molecular complexity index is 1700. The van der Waals surface area contributed by atoms with E-state index in [0.29, 0.717) is 43.9 Å². The van der Waals surface area contributed by atoms with Gasteiger partial charge in [0.25, 0.3) is 0 Å². The largest absolute Gasteiger partial charge is 0.508 e. The molecular weight excluding hydrogens is 773 g/mol. The Kier molecular flexibility index (Phi) is 17.6. The number of oxime groups is 1. The summed E-state index contributed by atoms with van der Waals surface area (Å²) in [6.07, 6.45) is 9.90. The number of phenolic OH excluding ortho intramolecular Hbond substituents is 1. The van der Waals surface area contributed by atoms with Crippen molar-refractivity contribution < 1.29 is 58.5 Å². The lowest BCUT2D eigenvalue weighted by molar-refractivity contribution is -0.256. The topological polar surface area (TPSA) is 178 Å². The van der Waals surface area contributed by atoms with Crippen LogP contribution in [0.25, 0.3) is 0 Å². The number of carbonyl (C=O) groups excluding carboxylic acids is 1. The molecule has 2 aliphatic carbocycles. The molecular formula is C46H64N2O12. The van der Waals surface area contributed by atoms with Crippen molar-refractivity contribution in [2.75, 3.05) is 66.0 Å². The summed E-state index contributed by atoms with van der Waals surface area (Å²) >= 11 is 0. The van der Waals surface area contributed by atoms with Crippen LogP contribution >= 0.6 is 0 Å². The van der Waals surface area contributed by atoms with Crippen LogP contribution in [0.4, 0.5) is 4.79 Å². The number of carbonyl (C=O) groups is 1. The number of amides is 1. The molecule has 0 aromatic heterocycles. The molecule has 7 atom stereocenters. The summed E-state index contributed by atoms with van der Waals surface area (Å²) in [6.45, 7) is 5.37. The first-order valence-corrected chi connectivity index (χ1v) is 21.7. The number of allylic oxidation sites excluding steroid dienone is 1. The molecule has 2 aromatic carbocycles. The van der Waals surface area contributed by atoms with Crippen LogP contribution in [-0.4, -0.2) is 121 Å². The summed E-state index contributed by atoms with van der Waals surface area (Å²) in [5, 5.41) is 45.1. The summed E-state index contributed by atoms with van der Waals surface area (Å²) in [6, 6.07) is 14.0. The van der Waals surface area contributed by atoms with E-state index in [-0.39, 0.29) is 89.3 Å². The van der Waals surface area contributed by atoms with Gasteiger partial charge in [-0.25, -0.2) is 4.79 Å². The highest BCUT2D eigenvalue weighted by molar-refractivity contribution is 6.03. The average Bonchev–Trinajstić information content (AvgIpc) is 3.27. The summed E-state index contributed by atoms with van der Waals surface area (Å²) in [5.74, 6) is -1.71. The first kappa shape index (κ1) is 45.5. The van der Waals surface area contributed by atoms with E-state index >= 15 is 0 Å². The molecule has 0 bridgehead atoms. The van der Waals surface area contributed by atoms with Crippen LogP contribution in [0, 0.1) is 17.8 Å². The van der Waals surface area contributed by atoms with Gasteiger partial charge in [0.2, 0.25) is 12.1 Å². The second-order valence-electron chi connectivity index (χ2n) is 15.9. The van der Waals surface area contributed by atoms with Crippen LogP contribution < -0.4 is 4.74 Å². The molecule has 2 aliphatic heterocycles. The number of phenols is 1. The van der Waals surface area contributed by atoms with Crippen molar-refractivity contribution in [3.63, 3.8) is 0 Å². The van der Waals surface area contributed by atoms with Gasteiger partial charge in [-0.05, 0) is 79.7 Å². The van der Waals surface area contributed by atoms with Crippen molar-refractivity contribution in [3.05, 3.63) is 84.0 Å². The van der Waals surface area contributed by atoms with E-state index in [1.165, 1.54) is 0 Å². The highest BCUT2D eigenvalue weighted by Gasteiger charge is 2.65. The lowest BCUT2D eigenvalue weighted by Gasteiger charge is -2.59. The van der Waals surface area contributed by atoms with E-state index in [9.17, 15) is 25.2 Å². The van der Waals surface area contributed by atoms with Crippen LogP contribution in [0.1, 0.15) is 81.3 Å². The average molecular weight is 837 g/mol. The monoisotopic (exact) mass is 836 g/mol. The molecule has 0 radical (unpaired) electrons. The summed E-state index contributed by atoms with van der Waals surface area (Å²) in [5.41, 5.74) is 3.31. The lowest BCUT2D eigenvalue weighted by atomic mass is 9.55. The third kappa shape index (κ3) is 11.3. The molecule has 6 rings (SSSR count). The highest BCUT2D eigenvalue weighted by atomic mass is 16.8. The van der Waals surface area contributed by atoms with E-state index in [1.807, 2.05) is 30.3 Å².